The molecule has 2 atom stereocenters. The monoisotopic (exact) mass is 251 g/mol. The first kappa shape index (κ1) is 14.2. The van der Waals surface area contributed by atoms with Crippen LogP contribution in [0.4, 0.5) is 0 Å². The van der Waals surface area contributed by atoms with Gasteiger partial charge in [0.25, 0.3) is 0 Å². The summed E-state index contributed by atoms with van der Waals surface area (Å²) in [6, 6.07) is -0.299. The molecule has 18 heavy (non-hydrogen) atoms. The summed E-state index contributed by atoms with van der Waals surface area (Å²) in [5.74, 6) is -1.20. The molecule has 0 aromatic carbocycles. The van der Waals surface area contributed by atoms with Crippen LogP contribution in [-0.4, -0.2) is 35.7 Å². The number of carboxylic acids is 1. The lowest BCUT2D eigenvalue weighted by atomic mass is 9.97. The molecular weight excluding hydrogens is 234 g/mol. The number of aliphatic carboxylic acids is 1. The van der Waals surface area contributed by atoms with Crippen molar-refractivity contribution in [2.75, 3.05) is 6.61 Å². The molecule has 0 saturated carbocycles. The van der Waals surface area contributed by atoms with Gasteiger partial charge in [0.1, 0.15) is 0 Å². The number of amides is 1. The lowest BCUT2D eigenvalue weighted by Crippen LogP contribution is -2.45. The highest BCUT2D eigenvalue weighted by Crippen LogP contribution is 2.19. The van der Waals surface area contributed by atoms with Crippen molar-refractivity contribution in [1.29, 1.82) is 0 Å². The van der Waals surface area contributed by atoms with E-state index in [1.54, 1.807) is 24.3 Å². The van der Waals surface area contributed by atoms with Gasteiger partial charge in [-0.25, -0.2) is 4.79 Å². The normalized spacial score (nSPS) is 26.2. The van der Waals surface area contributed by atoms with E-state index in [-0.39, 0.29) is 25.0 Å². The van der Waals surface area contributed by atoms with Crippen LogP contribution < -0.4 is 5.32 Å². The van der Waals surface area contributed by atoms with Crippen molar-refractivity contribution >= 4 is 11.9 Å². The average Bonchev–Trinajstić information content (AvgIpc) is 2.30. The summed E-state index contributed by atoms with van der Waals surface area (Å²) in [6.07, 6.45) is 6.34. The smallest absolute Gasteiger partial charge is 0.332 e. The Kier molecular flexibility index (Phi) is 5.32. The van der Waals surface area contributed by atoms with E-state index in [1.165, 1.54) is 6.92 Å². The van der Waals surface area contributed by atoms with Gasteiger partial charge >= 0.3 is 5.97 Å². The van der Waals surface area contributed by atoms with Crippen molar-refractivity contribution in [3.8, 4) is 0 Å². The SMILES string of the molecule is C=C/C=C\C=C1/COC(C(=O)O)CC1NC(C)=O. The topological polar surface area (TPSA) is 75.6 Å². The molecule has 1 aliphatic heterocycles. The van der Waals surface area contributed by atoms with Crippen LogP contribution in [0.5, 0.6) is 0 Å². The second-order valence-electron chi connectivity index (χ2n) is 3.99. The third-order valence-corrected chi connectivity index (χ3v) is 2.56. The van der Waals surface area contributed by atoms with E-state index in [1.807, 2.05) is 0 Å². The van der Waals surface area contributed by atoms with Gasteiger partial charge in [-0.3, -0.25) is 4.79 Å². The van der Waals surface area contributed by atoms with E-state index in [0.29, 0.717) is 0 Å². The molecule has 0 spiro atoms. The number of rotatable bonds is 4. The molecule has 5 heteroatoms. The third-order valence-electron chi connectivity index (χ3n) is 2.56. The average molecular weight is 251 g/mol. The first-order valence-electron chi connectivity index (χ1n) is 5.64. The van der Waals surface area contributed by atoms with Crippen LogP contribution in [0.3, 0.4) is 0 Å². The summed E-state index contributed by atoms with van der Waals surface area (Å²) in [5.41, 5.74) is 0.848. The van der Waals surface area contributed by atoms with E-state index < -0.39 is 12.1 Å². The van der Waals surface area contributed by atoms with Crippen LogP contribution in [0.25, 0.3) is 0 Å². The molecule has 1 fully saturated rings. The van der Waals surface area contributed by atoms with Gasteiger partial charge in [0.15, 0.2) is 6.10 Å². The number of carbonyl (C=O) groups is 2. The van der Waals surface area contributed by atoms with Crippen molar-refractivity contribution in [2.24, 2.45) is 0 Å². The first-order valence-corrected chi connectivity index (χ1v) is 5.64. The molecule has 0 bridgehead atoms. The highest BCUT2D eigenvalue weighted by Gasteiger charge is 2.31. The van der Waals surface area contributed by atoms with Crippen molar-refractivity contribution in [3.63, 3.8) is 0 Å². The van der Waals surface area contributed by atoms with E-state index >= 15 is 0 Å². The summed E-state index contributed by atoms with van der Waals surface area (Å²) in [7, 11) is 0. The first-order chi connectivity index (χ1) is 8.54. The molecule has 98 valence electrons. The van der Waals surface area contributed by atoms with E-state index in [2.05, 4.69) is 11.9 Å². The Morgan fingerprint density at radius 1 is 1.50 bits per heavy atom. The summed E-state index contributed by atoms with van der Waals surface area (Å²) in [6.45, 7) is 5.15. The Labute approximate surface area is 106 Å². The minimum Gasteiger partial charge on any atom is -0.479 e. The Morgan fingerprint density at radius 2 is 2.22 bits per heavy atom. The van der Waals surface area contributed by atoms with Gasteiger partial charge in [-0.15, -0.1) is 0 Å². The van der Waals surface area contributed by atoms with Crippen molar-refractivity contribution in [1.82, 2.24) is 5.32 Å². The molecule has 0 radical (unpaired) electrons. The highest BCUT2D eigenvalue weighted by atomic mass is 16.5. The minimum absolute atomic E-state index is 0.190. The number of allylic oxidation sites excluding steroid dienone is 4. The van der Waals surface area contributed by atoms with Crippen LogP contribution in [0.15, 0.2) is 36.5 Å². The highest BCUT2D eigenvalue weighted by molar-refractivity contribution is 5.75. The molecule has 1 amide bonds. The Bertz CT molecular complexity index is 398. The summed E-state index contributed by atoms with van der Waals surface area (Å²) < 4.78 is 5.22. The molecule has 1 heterocycles. The zero-order valence-electron chi connectivity index (χ0n) is 10.3. The van der Waals surface area contributed by atoms with Crippen LogP contribution in [0, 0.1) is 0 Å². The van der Waals surface area contributed by atoms with Gasteiger partial charge in [0.2, 0.25) is 5.91 Å². The quantitative estimate of drug-likeness (QED) is 0.732. The van der Waals surface area contributed by atoms with Crippen LogP contribution >= 0.6 is 0 Å². The van der Waals surface area contributed by atoms with Gasteiger partial charge in [-0.2, -0.15) is 0 Å². The largest absolute Gasteiger partial charge is 0.479 e. The molecule has 2 N–H and O–H groups in total. The van der Waals surface area contributed by atoms with Gasteiger partial charge < -0.3 is 15.2 Å². The lowest BCUT2D eigenvalue weighted by molar-refractivity contribution is -0.152. The van der Waals surface area contributed by atoms with Crippen molar-refractivity contribution in [2.45, 2.75) is 25.5 Å². The number of ether oxygens (including phenoxy) is 1. The predicted octanol–water partition coefficient (Wildman–Crippen LogP) is 1.03. The number of hydrogen-bond acceptors (Lipinski definition) is 3. The number of carboxylic acid groups (broad SMARTS) is 1. The molecule has 0 aromatic heterocycles. The Hall–Kier alpha value is -1.88. The van der Waals surface area contributed by atoms with Gasteiger partial charge in [-0.1, -0.05) is 30.9 Å². The molecule has 1 aliphatic rings. The minimum atomic E-state index is -1.01. The molecular formula is C13H17NO4. The molecule has 0 aromatic rings. The van der Waals surface area contributed by atoms with Gasteiger partial charge in [0.05, 0.1) is 12.6 Å². The maximum atomic E-state index is 11.1. The Morgan fingerprint density at radius 3 is 2.78 bits per heavy atom. The number of nitrogens with one attached hydrogen (secondary N) is 1. The summed E-state index contributed by atoms with van der Waals surface area (Å²) >= 11 is 0. The maximum Gasteiger partial charge on any atom is 0.332 e. The zero-order valence-corrected chi connectivity index (χ0v) is 10.3. The molecule has 1 rings (SSSR count). The second kappa shape index (κ2) is 6.76. The summed E-state index contributed by atoms with van der Waals surface area (Å²) in [5, 5.41) is 11.6. The predicted molar refractivity (Wildman–Crippen MR) is 67.0 cm³/mol. The van der Waals surface area contributed by atoms with Crippen LogP contribution in [0.1, 0.15) is 13.3 Å². The van der Waals surface area contributed by atoms with E-state index in [4.69, 9.17) is 9.84 Å². The van der Waals surface area contributed by atoms with Crippen molar-refractivity contribution < 1.29 is 19.4 Å². The second-order valence-corrected chi connectivity index (χ2v) is 3.99. The molecule has 2 unspecified atom stereocenters. The van der Waals surface area contributed by atoms with E-state index in [9.17, 15) is 9.59 Å². The molecule has 5 nitrogen and oxygen atoms in total. The fraction of sp³-hybridized carbons (Fsp3) is 0.385. The standard InChI is InChI=1S/C13H17NO4/c1-3-4-5-6-10-8-18-12(13(16)17)7-11(10)14-9(2)15/h3-6,11-12H,1,7-8H2,2H3,(H,14,15)(H,16,17)/b5-4-,10-6+. The third kappa shape index (κ3) is 4.18. The molecule has 1 saturated heterocycles. The van der Waals surface area contributed by atoms with Crippen LogP contribution in [-0.2, 0) is 14.3 Å². The summed E-state index contributed by atoms with van der Waals surface area (Å²) in [4.78, 5) is 22.0. The fourth-order valence-electron chi connectivity index (χ4n) is 1.72. The Balaban J connectivity index is 2.80. The van der Waals surface area contributed by atoms with Crippen molar-refractivity contribution in [3.05, 3.63) is 36.5 Å². The van der Waals surface area contributed by atoms with Gasteiger partial charge in [0, 0.05) is 13.3 Å². The van der Waals surface area contributed by atoms with Gasteiger partial charge in [-0.05, 0) is 5.57 Å². The lowest BCUT2D eigenvalue weighted by Gasteiger charge is -2.30. The maximum absolute atomic E-state index is 11.1. The van der Waals surface area contributed by atoms with Crippen LogP contribution in [0.2, 0.25) is 0 Å². The molecule has 0 aliphatic carbocycles. The number of hydrogen-bond donors (Lipinski definition) is 2. The fourth-order valence-corrected chi connectivity index (χ4v) is 1.72. The number of carbonyl (C=O) groups excluding carboxylic acids is 1. The van der Waals surface area contributed by atoms with E-state index in [0.717, 1.165) is 5.57 Å². The zero-order chi connectivity index (χ0) is 13.5.